The van der Waals surface area contributed by atoms with Gasteiger partial charge in [-0.05, 0) is 12.8 Å². The average Bonchev–Trinajstić information content (AvgIpc) is 2.15. The summed E-state index contributed by atoms with van der Waals surface area (Å²) in [6, 6.07) is 0. The normalized spacial score (nSPS) is 14.7. The summed E-state index contributed by atoms with van der Waals surface area (Å²) in [6.07, 6.45) is -5.81. The minimum absolute atomic E-state index is 0.202. The third kappa shape index (κ3) is 3.61. The van der Waals surface area contributed by atoms with E-state index in [4.69, 9.17) is 0 Å². The van der Waals surface area contributed by atoms with E-state index in [1.165, 1.54) is 0 Å². The molecule has 0 aromatic heterocycles. The molecule has 96 valence electrons. The maximum absolute atomic E-state index is 12.5. The Labute approximate surface area is 89.8 Å². The monoisotopic (exact) mass is 248 g/mol. The lowest BCUT2D eigenvalue weighted by Gasteiger charge is -2.21. The van der Waals surface area contributed by atoms with Gasteiger partial charge < -0.3 is 4.74 Å². The summed E-state index contributed by atoms with van der Waals surface area (Å²) in [5.74, 6) is -7.96. The molecule has 0 fully saturated rings. The second-order valence-electron chi connectivity index (χ2n) is 3.30. The van der Waals surface area contributed by atoms with Crippen LogP contribution in [0.5, 0.6) is 0 Å². The highest BCUT2D eigenvalue weighted by Gasteiger charge is 2.65. The van der Waals surface area contributed by atoms with Crippen LogP contribution in [0, 0.1) is 0 Å². The molecule has 0 aliphatic heterocycles. The summed E-state index contributed by atoms with van der Waals surface area (Å²) in [5, 5.41) is 0. The van der Waals surface area contributed by atoms with Gasteiger partial charge in [0.05, 0.1) is 0 Å². The molecule has 0 heterocycles. The first-order chi connectivity index (χ1) is 7.16. The lowest BCUT2D eigenvalue weighted by atomic mass is 10.1. The Morgan fingerprint density at radius 1 is 1.19 bits per heavy atom. The van der Waals surface area contributed by atoms with Gasteiger partial charge in [0, 0.05) is 0 Å². The molecule has 0 aromatic carbocycles. The van der Waals surface area contributed by atoms with Gasteiger partial charge in [0.15, 0.2) is 0 Å². The maximum atomic E-state index is 12.5. The lowest BCUT2D eigenvalue weighted by molar-refractivity contribution is -0.282. The van der Waals surface area contributed by atoms with Crippen LogP contribution in [-0.4, -0.2) is 24.2 Å². The van der Waals surface area contributed by atoms with E-state index < -0.39 is 24.2 Å². The second-order valence-corrected chi connectivity index (χ2v) is 3.30. The van der Waals surface area contributed by atoms with Gasteiger partial charge in [-0.2, -0.15) is 22.0 Å². The van der Waals surface area contributed by atoms with Crippen LogP contribution in [0.3, 0.4) is 0 Å². The average molecular weight is 248 g/mol. The van der Waals surface area contributed by atoms with E-state index in [0.717, 1.165) is 0 Å². The molecule has 0 radical (unpaired) electrons. The number of hydrogen-bond donors (Lipinski definition) is 0. The van der Waals surface area contributed by atoms with Crippen molar-refractivity contribution in [2.45, 2.75) is 51.3 Å². The topological polar surface area (TPSA) is 26.3 Å². The molecule has 0 aliphatic carbocycles. The first kappa shape index (κ1) is 15.1. The third-order valence-electron chi connectivity index (χ3n) is 1.95. The van der Waals surface area contributed by atoms with Gasteiger partial charge >= 0.3 is 18.1 Å². The highest BCUT2D eigenvalue weighted by molar-refractivity contribution is 5.78. The molecule has 7 heteroatoms. The third-order valence-corrected chi connectivity index (χ3v) is 1.95. The highest BCUT2D eigenvalue weighted by Crippen LogP contribution is 2.36. The molecule has 0 bridgehead atoms. The first-order valence-corrected chi connectivity index (χ1v) is 4.82. The molecule has 0 aromatic rings. The Bertz CT molecular complexity index is 237. The highest BCUT2D eigenvalue weighted by atomic mass is 19.4. The Hall–Kier alpha value is -0.880. The Balaban J connectivity index is 4.56. The molecular formula is C9H13F5O2. The van der Waals surface area contributed by atoms with Crippen LogP contribution in [0.2, 0.25) is 0 Å². The van der Waals surface area contributed by atoms with Gasteiger partial charge in [0.25, 0.3) is 0 Å². The summed E-state index contributed by atoms with van der Waals surface area (Å²) < 4.78 is 64.4. The van der Waals surface area contributed by atoms with Gasteiger partial charge in [-0.25, -0.2) is 4.79 Å². The van der Waals surface area contributed by atoms with E-state index in [9.17, 15) is 26.7 Å². The SMILES string of the molecule is CCCC(CC)OC(=O)C(F)(F)C(F)(F)F. The van der Waals surface area contributed by atoms with Crippen LogP contribution in [0.25, 0.3) is 0 Å². The summed E-state index contributed by atoms with van der Waals surface area (Å²) in [7, 11) is 0. The largest absolute Gasteiger partial charge is 0.465 e. The van der Waals surface area contributed by atoms with E-state index in [-0.39, 0.29) is 12.8 Å². The molecule has 1 atom stereocenters. The first-order valence-electron chi connectivity index (χ1n) is 4.82. The number of carbonyl (C=O) groups is 1. The van der Waals surface area contributed by atoms with Crippen LogP contribution in [-0.2, 0) is 9.53 Å². The molecule has 0 rings (SSSR count). The minimum Gasteiger partial charge on any atom is -0.458 e. The quantitative estimate of drug-likeness (QED) is 0.551. The standard InChI is InChI=1S/C9H13F5O2/c1-3-5-6(4-2)16-7(15)8(10,11)9(12,13)14/h6H,3-5H2,1-2H3. The summed E-state index contributed by atoms with van der Waals surface area (Å²) in [6.45, 7) is 3.25. The molecule has 0 amide bonds. The molecule has 0 N–H and O–H groups in total. The van der Waals surface area contributed by atoms with Gasteiger partial charge in [-0.1, -0.05) is 20.3 Å². The van der Waals surface area contributed by atoms with Crippen LogP contribution in [0.15, 0.2) is 0 Å². The molecular weight excluding hydrogens is 235 g/mol. The Morgan fingerprint density at radius 3 is 2.00 bits per heavy atom. The predicted octanol–water partition coefficient (Wildman–Crippen LogP) is 3.31. The fourth-order valence-electron chi connectivity index (χ4n) is 1.01. The predicted molar refractivity (Wildman–Crippen MR) is 46.1 cm³/mol. The zero-order valence-corrected chi connectivity index (χ0v) is 8.90. The van der Waals surface area contributed by atoms with Crippen molar-refractivity contribution in [3.8, 4) is 0 Å². The summed E-state index contributed by atoms with van der Waals surface area (Å²) in [4.78, 5) is 10.7. The molecule has 1 unspecified atom stereocenters. The zero-order valence-electron chi connectivity index (χ0n) is 8.90. The van der Waals surface area contributed by atoms with Crippen LogP contribution in [0.1, 0.15) is 33.1 Å². The second kappa shape index (κ2) is 5.45. The van der Waals surface area contributed by atoms with Gasteiger partial charge in [-0.3, -0.25) is 0 Å². The van der Waals surface area contributed by atoms with Gasteiger partial charge in [0.1, 0.15) is 6.10 Å². The summed E-state index contributed by atoms with van der Waals surface area (Å²) >= 11 is 0. The summed E-state index contributed by atoms with van der Waals surface area (Å²) in [5.41, 5.74) is 0. The zero-order chi connectivity index (χ0) is 13.0. The number of rotatable bonds is 5. The molecule has 2 nitrogen and oxygen atoms in total. The van der Waals surface area contributed by atoms with Crippen molar-refractivity contribution in [3.05, 3.63) is 0 Å². The number of esters is 1. The molecule has 0 saturated heterocycles. The van der Waals surface area contributed by atoms with Crippen molar-refractivity contribution in [1.29, 1.82) is 0 Å². The van der Waals surface area contributed by atoms with Crippen molar-refractivity contribution in [3.63, 3.8) is 0 Å². The fourth-order valence-corrected chi connectivity index (χ4v) is 1.01. The maximum Gasteiger partial charge on any atom is 0.465 e. The van der Waals surface area contributed by atoms with Crippen LogP contribution >= 0.6 is 0 Å². The van der Waals surface area contributed by atoms with Crippen LogP contribution in [0.4, 0.5) is 22.0 Å². The number of ether oxygens (including phenoxy) is 1. The lowest BCUT2D eigenvalue weighted by Crippen LogP contribution is -2.46. The molecule has 0 aliphatic rings. The number of alkyl halides is 5. The number of carbonyl (C=O) groups excluding carboxylic acids is 1. The van der Waals surface area contributed by atoms with Gasteiger partial charge in [-0.15, -0.1) is 0 Å². The molecule has 16 heavy (non-hydrogen) atoms. The van der Waals surface area contributed by atoms with E-state index in [1.807, 2.05) is 0 Å². The minimum atomic E-state index is -5.91. The Morgan fingerprint density at radius 2 is 1.69 bits per heavy atom. The Kier molecular flexibility index (Phi) is 5.15. The van der Waals surface area contributed by atoms with Crippen molar-refractivity contribution < 1.29 is 31.5 Å². The van der Waals surface area contributed by atoms with Gasteiger partial charge in [0.2, 0.25) is 0 Å². The van der Waals surface area contributed by atoms with Crippen molar-refractivity contribution in [2.75, 3.05) is 0 Å². The van der Waals surface area contributed by atoms with Crippen LogP contribution < -0.4 is 0 Å². The van der Waals surface area contributed by atoms with Crippen molar-refractivity contribution in [2.24, 2.45) is 0 Å². The number of hydrogen-bond acceptors (Lipinski definition) is 2. The van der Waals surface area contributed by atoms with Crippen molar-refractivity contribution >= 4 is 5.97 Å². The number of halogens is 5. The van der Waals surface area contributed by atoms with E-state index in [0.29, 0.717) is 6.42 Å². The fraction of sp³-hybridized carbons (Fsp3) is 0.889. The molecule has 0 saturated carbocycles. The molecule has 0 spiro atoms. The van der Waals surface area contributed by atoms with E-state index >= 15 is 0 Å². The van der Waals surface area contributed by atoms with E-state index in [2.05, 4.69) is 4.74 Å². The van der Waals surface area contributed by atoms with E-state index in [1.54, 1.807) is 13.8 Å². The van der Waals surface area contributed by atoms with Crippen molar-refractivity contribution in [1.82, 2.24) is 0 Å². The smallest absolute Gasteiger partial charge is 0.458 e.